The van der Waals surface area contributed by atoms with Crippen LogP contribution < -0.4 is 0 Å². The van der Waals surface area contributed by atoms with Crippen LogP contribution in [-0.4, -0.2) is 22.9 Å². The lowest BCUT2D eigenvalue weighted by Crippen LogP contribution is -2.47. The van der Waals surface area contributed by atoms with Gasteiger partial charge in [-0.05, 0) is 39.0 Å². The molecule has 0 aromatic carbocycles. The molecule has 0 heterocycles. The third kappa shape index (κ3) is 4.12. The Morgan fingerprint density at radius 3 is 1.73 bits per heavy atom. The normalized spacial score (nSPS) is 17.6. The summed E-state index contributed by atoms with van der Waals surface area (Å²) in [6.07, 6.45) is 1.89. The molecule has 1 unspecified atom stereocenters. The van der Waals surface area contributed by atoms with Crippen molar-refractivity contribution in [2.45, 2.75) is 72.5 Å². The van der Waals surface area contributed by atoms with Gasteiger partial charge in [-0.15, -0.1) is 0 Å². The van der Waals surface area contributed by atoms with Gasteiger partial charge in [-0.1, -0.05) is 27.7 Å². The highest BCUT2D eigenvalue weighted by Gasteiger charge is 2.39. The molecule has 0 spiro atoms. The molecular formula is C13H28O2. The maximum absolute atomic E-state index is 10.4. The average molecular weight is 216 g/mol. The van der Waals surface area contributed by atoms with Gasteiger partial charge in [0.25, 0.3) is 0 Å². The Kier molecular flexibility index (Phi) is 4.81. The first-order valence-electron chi connectivity index (χ1n) is 5.94. The highest BCUT2D eigenvalue weighted by molar-refractivity contribution is 4.89. The number of aliphatic hydroxyl groups is 1. The van der Waals surface area contributed by atoms with E-state index in [-0.39, 0.29) is 11.0 Å². The van der Waals surface area contributed by atoms with E-state index in [4.69, 9.17) is 4.74 Å². The Labute approximate surface area is 95.0 Å². The van der Waals surface area contributed by atoms with Gasteiger partial charge in [-0.25, -0.2) is 0 Å². The van der Waals surface area contributed by atoms with E-state index in [1.165, 1.54) is 0 Å². The van der Waals surface area contributed by atoms with Gasteiger partial charge in [0.1, 0.15) is 0 Å². The second kappa shape index (κ2) is 4.84. The summed E-state index contributed by atoms with van der Waals surface area (Å²) in [7, 11) is 0. The largest absolute Gasteiger partial charge is 0.387 e. The van der Waals surface area contributed by atoms with Crippen LogP contribution in [0.3, 0.4) is 0 Å². The van der Waals surface area contributed by atoms with E-state index in [2.05, 4.69) is 41.5 Å². The Balaban J connectivity index is 4.40. The lowest BCUT2D eigenvalue weighted by atomic mass is 9.74. The molecule has 0 saturated carbocycles. The fourth-order valence-electron chi connectivity index (χ4n) is 1.01. The van der Waals surface area contributed by atoms with Crippen LogP contribution in [0.5, 0.6) is 0 Å². The number of hydrogen-bond donors (Lipinski definition) is 1. The van der Waals surface area contributed by atoms with E-state index in [0.717, 1.165) is 12.8 Å². The number of rotatable bonds is 6. The molecule has 0 aromatic rings. The third-order valence-corrected chi connectivity index (χ3v) is 3.94. The van der Waals surface area contributed by atoms with Crippen molar-refractivity contribution in [1.29, 1.82) is 0 Å². The maximum atomic E-state index is 10.4. The van der Waals surface area contributed by atoms with Crippen molar-refractivity contribution < 1.29 is 9.84 Å². The summed E-state index contributed by atoms with van der Waals surface area (Å²) in [5.74, 6) is 0. The zero-order valence-corrected chi connectivity index (χ0v) is 11.5. The van der Waals surface area contributed by atoms with Gasteiger partial charge in [0.15, 0.2) is 0 Å². The van der Waals surface area contributed by atoms with Gasteiger partial charge >= 0.3 is 0 Å². The van der Waals surface area contributed by atoms with Crippen molar-refractivity contribution >= 4 is 0 Å². The fourth-order valence-corrected chi connectivity index (χ4v) is 1.01. The van der Waals surface area contributed by atoms with Crippen molar-refractivity contribution in [1.82, 2.24) is 0 Å². The minimum atomic E-state index is -0.770. The van der Waals surface area contributed by atoms with Crippen LogP contribution in [0.1, 0.15) is 61.3 Å². The van der Waals surface area contributed by atoms with Crippen LogP contribution in [0.25, 0.3) is 0 Å². The van der Waals surface area contributed by atoms with Crippen molar-refractivity contribution in [2.75, 3.05) is 6.61 Å². The predicted molar refractivity (Wildman–Crippen MR) is 65.0 cm³/mol. The second-order valence-corrected chi connectivity index (χ2v) is 5.91. The summed E-state index contributed by atoms with van der Waals surface area (Å²) >= 11 is 0. The Morgan fingerprint density at radius 1 is 0.933 bits per heavy atom. The molecule has 0 amide bonds. The van der Waals surface area contributed by atoms with Gasteiger partial charge in [0.05, 0.1) is 17.8 Å². The molecule has 1 N–H and O–H groups in total. The van der Waals surface area contributed by atoms with Crippen LogP contribution in [-0.2, 0) is 4.74 Å². The Bertz CT molecular complexity index is 193. The zero-order chi connectivity index (χ0) is 12.3. The van der Waals surface area contributed by atoms with Crippen molar-refractivity contribution in [3.05, 3.63) is 0 Å². The number of hydrogen-bond acceptors (Lipinski definition) is 2. The van der Waals surface area contributed by atoms with E-state index in [0.29, 0.717) is 6.61 Å². The Morgan fingerprint density at radius 2 is 1.40 bits per heavy atom. The van der Waals surface area contributed by atoms with E-state index in [1.807, 2.05) is 6.92 Å². The van der Waals surface area contributed by atoms with E-state index in [9.17, 15) is 5.11 Å². The standard InChI is InChI=1S/C13H28O2/c1-8-11(3,4)13(7,14)10-15-12(5,6)9-2/h14H,8-10H2,1-7H3. The third-order valence-electron chi connectivity index (χ3n) is 3.94. The summed E-state index contributed by atoms with van der Waals surface area (Å²) in [6.45, 7) is 14.7. The Hall–Kier alpha value is -0.0800. The van der Waals surface area contributed by atoms with Gasteiger partial charge in [-0.2, -0.15) is 0 Å². The van der Waals surface area contributed by atoms with E-state index < -0.39 is 5.60 Å². The lowest BCUT2D eigenvalue weighted by Gasteiger charge is -2.41. The molecule has 0 saturated heterocycles. The van der Waals surface area contributed by atoms with Crippen LogP contribution in [0.15, 0.2) is 0 Å². The monoisotopic (exact) mass is 216 g/mol. The molecule has 0 radical (unpaired) electrons. The van der Waals surface area contributed by atoms with Crippen LogP contribution in [0.2, 0.25) is 0 Å². The quantitative estimate of drug-likeness (QED) is 0.737. The van der Waals surface area contributed by atoms with Crippen molar-refractivity contribution in [3.8, 4) is 0 Å². The highest BCUT2D eigenvalue weighted by Crippen LogP contribution is 2.35. The van der Waals surface area contributed by atoms with Gasteiger partial charge in [-0.3, -0.25) is 0 Å². The average Bonchev–Trinajstić information content (AvgIpc) is 2.15. The smallest absolute Gasteiger partial charge is 0.0902 e. The number of ether oxygens (including phenoxy) is 1. The van der Waals surface area contributed by atoms with Gasteiger partial charge in [0.2, 0.25) is 0 Å². The molecule has 2 heteroatoms. The van der Waals surface area contributed by atoms with E-state index in [1.54, 1.807) is 0 Å². The first-order chi connectivity index (χ1) is 6.58. The van der Waals surface area contributed by atoms with Crippen LogP contribution in [0, 0.1) is 5.41 Å². The summed E-state index contributed by atoms with van der Waals surface area (Å²) < 4.78 is 5.78. The minimum Gasteiger partial charge on any atom is -0.387 e. The molecule has 0 bridgehead atoms. The second-order valence-electron chi connectivity index (χ2n) is 5.91. The first kappa shape index (κ1) is 14.9. The maximum Gasteiger partial charge on any atom is 0.0902 e. The molecule has 0 aliphatic carbocycles. The molecule has 15 heavy (non-hydrogen) atoms. The van der Waals surface area contributed by atoms with Gasteiger partial charge in [0, 0.05) is 0 Å². The van der Waals surface area contributed by atoms with E-state index >= 15 is 0 Å². The van der Waals surface area contributed by atoms with Crippen LogP contribution in [0.4, 0.5) is 0 Å². The SMILES string of the molecule is CCC(C)(C)OCC(C)(O)C(C)(C)CC. The highest BCUT2D eigenvalue weighted by atomic mass is 16.5. The minimum absolute atomic E-state index is 0.114. The molecular weight excluding hydrogens is 188 g/mol. The van der Waals surface area contributed by atoms with Gasteiger partial charge < -0.3 is 9.84 Å². The summed E-state index contributed by atoms with van der Waals surface area (Å²) in [5, 5.41) is 10.4. The van der Waals surface area contributed by atoms with Crippen LogP contribution >= 0.6 is 0 Å². The molecule has 0 aromatic heterocycles. The fraction of sp³-hybridized carbons (Fsp3) is 1.00. The molecule has 2 nitrogen and oxygen atoms in total. The predicted octanol–water partition coefficient (Wildman–Crippen LogP) is 3.38. The summed E-state index contributed by atoms with van der Waals surface area (Å²) in [5.41, 5.74) is -1.03. The van der Waals surface area contributed by atoms with Crippen molar-refractivity contribution in [3.63, 3.8) is 0 Å². The topological polar surface area (TPSA) is 29.5 Å². The zero-order valence-electron chi connectivity index (χ0n) is 11.5. The molecule has 1 atom stereocenters. The van der Waals surface area contributed by atoms with Crippen molar-refractivity contribution in [2.24, 2.45) is 5.41 Å². The molecule has 92 valence electrons. The first-order valence-corrected chi connectivity index (χ1v) is 5.94. The lowest BCUT2D eigenvalue weighted by molar-refractivity contribution is -0.146. The molecule has 0 aliphatic rings. The molecule has 0 fully saturated rings. The molecule has 0 rings (SSSR count). The summed E-state index contributed by atoms with van der Waals surface area (Å²) in [4.78, 5) is 0. The molecule has 0 aliphatic heterocycles. The summed E-state index contributed by atoms with van der Waals surface area (Å²) in [6, 6.07) is 0.